The average molecular weight is 363 g/mol. The summed E-state index contributed by atoms with van der Waals surface area (Å²) in [5, 5.41) is 0. The second-order valence-electron chi connectivity index (χ2n) is 6.91. The zero-order chi connectivity index (χ0) is 18.6. The molecular weight excluding hydrogens is 339 g/mol. The van der Waals surface area contributed by atoms with Crippen LogP contribution in [0.2, 0.25) is 0 Å². The maximum atomic E-state index is 13.1. The predicted octanol–water partition coefficient (Wildman–Crippen LogP) is 5.91. The quantitative estimate of drug-likeness (QED) is 0.654. The molecule has 0 saturated carbocycles. The first kappa shape index (κ1) is 18.8. The molecule has 3 rings (SSSR count). The van der Waals surface area contributed by atoms with Gasteiger partial charge < -0.3 is 9.64 Å². The van der Waals surface area contributed by atoms with E-state index in [-0.39, 0.29) is 5.75 Å². The number of para-hydroxylation sites is 1. The molecule has 0 amide bonds. The number of hydrogen-bond acceptors (Lipinski definition) is 2. The molecule has 1 saturated heterocycles. The number of benzene rings is 2. The van der Waals surface area contributed by atoms with E-state index in [0.717, 1.165) is 31.0 Å². The Bertz CT molecular complexity index is 729. The number of ether oxygens (including phenoxy) is 1. The van der Waals surface area contributed by atoms with Gasteiger partial charge >= 0.3 is 6.18 Å². The van der Waals surface area contributed by atoms with Crippen LogP contribution in [0.3, 0.4) is 0 Å². The van der Waals surface area contributed by atoms with Crippen molar-refractivity contribution in [1.29, 1.82) is 0 Å². The number of rotatable bonds is 5. The fourth-order valence-electron chi connectivity index (χ4n) is 3.52. The molecule has 26 heavy (non-hydrogen) atoms. The number of piperidine rings is 1. The van der Waals surface area contributed by atoms with Crippen LogP contribution in [0.5, 0.6) is 11.5 Å². The minimum absolute atomic E-state index is 0.163. The smallest absolute Gasteiger partial charge is 0.419 e. The number of halogens is 3. The Balaban J connectivity index is 1.68. The first-order valence-electron chi connectivity index (χ1n) is 9.07. The van der Waals surface area contributed by atoms with Crippen molar-refractivity contribution in [2.75, 3.05) is 13.6 Å². The van der Waals surface area contributed by atoms with E-state index in [4.69, 9.17) is 4.74 Å². The fourth-order valence-corrected chi connectivity index (χ4v) is 3.52. The topological polar surface area (TPSA) is 12.5 Å². The average Bonchev–Trinajstić information content (AvgIpc) is 2.61. The Kier molecular flexibility index (Phi) is 5.87. The highest BCUT2D eigenvalue weighted by Crippen LogP contribution is 2.38. The van der Waals surface area contributed by atoms with E-state index in [2.05, 4.69) is 11.9 Å². The zero-order valence-electron chi connectivity index (χ0n) is 14.9. The first-order chi connectivity index (χ1) is 12.4. The summed E-state index contributed by atoms with van der Waals surface area (Å²) in [5.74, 6) is 0.278. The number of nitrogens with zero attached hydrogens (tertiary/aromatic N) is 1. The van der Waals surface area contributed by atoms with Crippen LogP contribution in [-0.4, -0.2) is 24.5 Å². The number of aryl methyl sites for hydroxylation is 1. The largest absolute Gasteiger partial charge is 0.457 e. The molecule has 1 heterocycles. The third-order valence-electron chi connectivity index (χ3n) is 5.01. The van der Waals surface area contributed by atoms with Crippen LogP contribution in [0.25, 0.3) is 0 Å². The number of hydrogen-bond donors (Lipinski definition) is 0. The molecule has 5 heteroatoms. The van der Waals surface area contributed by atoms with Gasteiger partial charge in [0, 0.05) is 6.04 Å². The highest BCUT2D eigenvalue weighted by molar-refractivity contribution is 5.40. The lowest BCUT2D eigenvalue weighted by Gasteiger charge is -2.32. The molecule has 0 aromatic heterocycles. The first-order valence-corrected chi connectivity index (χ1v) is 9.07. The van der Waals surface area contributed by atoms with Gasteiger partial charge in [0.2, 0.25) is 0 Å². The van der Waals surface area contributed by atoms with Crippen LogP contribution in [0, 0.1) is 0 Å². The van der Waals surface area contributed by atoms with Gasteiger partial charge in [-0.2, -0.15) is 13.2 Å². The van der Waals surface area contributed by atoms with Crippen molar-refractivity contribution in [2.45, 2.75) is 44.3 Å². The second-order valence-corrected chi connectivity index (χ2v) is 6.91. The molecule has 1 fully saturated rings. The van der Waals surface area contributed by atoms with Gasteiger partial charge in [-0.05, 0) is 69.1 Å². The number of likely N-dealkylation sites (tertiary alicyclic amines) is 1. The van der Waals surface area contributed by atoms with E-state index < -0.39 is 11.7 Å². The molecule has 1 aliphatic rings. The van der Waals surface area contributed by atoms with Crippen LogP contribution in [0.4, 0.5) is 13.2 Å². The third-order valence-corrected chi connectivity index (χ3v) is 5.01. The lowest BCUT2D eigenvalue weighted by molar-refractivity contribution is -0.138. The number of alkyl halides is 3. The van der Waals surface area contributed by atoms with Crippen LogP contribution < -0.4 is 4.74 Å². The van der Waals surface area contributed by atoms with E-state index >= 15 is 0 Å². The molecule has 0 N–H and O–H groups in total. The maximum absolute atomic E-state index is 13.1. The van der Waals surface area contributed by atoms with Gasteiger partial charge in [-0.25, -0.2) is 0 Å². The molecule has 1 aliphatic heterocycles. The summed E-state index contributed by atoms with van der Waals surface area (Å²) < 4.78 is 44.9. The summed E-state index contributed by atoms with van der Waals surface area (Å²) in [6.07, 6.45) is 1.26. The van der Waals surface area contributed by atoms with E-state index in [9.17, 15) is 13.2 Å². The lowest BCUT2D eigenvalue weighted by Crippen LogP contribution is -2.36. The molecule has 2 aromatic rings. The third kappa shape index (κ3) is 4.79. The van der Waals surface area contributed by atoms with Crippen LogP contribution in [-0.2, 0) is 12.6 Å². The molecule has 0 aliphatic carbocycles. The normalized spacial score (nSPS) is 18.7. The summed E-state index contributed by atoms with van der Waals surface area (Å²) in [6.45, 7) is 1.14. The van der Waals surface area contributed by atoms with Crippen molar-refractivity contribution in [3.8, 4) is 11.5 Å². The van der Waals surface area contributed by atoms with Crippen molar-refractivity contribution in [3.05, 3.63) is 59.7 Å². The van der Waals surface area contributed by atoms with Crippen molar-refractivity contribution < 1.29 is 17.9 Å². The highest BCUT2D eigenvalue weighted by atomic mass is 19.4. The van der Waals surface area contributed by atoms with Crippen LogP contribution in [0.1, 0.15) is 36.8 Å². The Morgan fingerprint density at radius 2 is 1.88 bits per heavy atom. The molecule has 1 unspecified atom stereocenters. The molecule has 2 aromatic carbocycles. The Morgan fingerprint density at radius 3 is 2.65 bits per heavy atom. The standard InChI is InChI=1S/C21H24F3NO/c1-25-14-5-4-8-17(25)13-12-16-7-6-9-18(15-16)26-20-11-3-2-10-19(20)21(22,23)24/h2-3,6-7,9-11,15,17H,4-5,8,12-14H2,1H3. The zero-order valence-corrected chi connectivity index (χ0v) is 14.9. The van der Waals surface area contributed by atoms with Gasteiger partial charge in [0.15, 0.2) is 0 Å². The molecule has 0 bridgehead atoms. The Labute approximate surface area is 152 Å². The van der Waals surface area contributed by atoms with Crippen molar-refractivity contribution in [1.82, 2.24) is 4.90 Å². The van der Waals surface area contributed by atoms with Gasteiger partial charge in [-0.3, -0.25) is 0 Å². The summed E-state index contributed by atoms with van der Waals surface area (Å²) in [6, 6.07) is 13.3. The maximum Gasteiger partial charge on any atom is 0.419 e. The SMILES string of the molecule is CN1CCCCC1CCc1cccc(Oc2ccccc2C(F)(F)F)c1. The van der Waals surface area contributed by atoms with Crippen molar-refractivity contribution >= 4 is 0 Å². The fraction of sp³-hybridized carbons (Fsp3) is 0.429. The summed E-state index contributed by atoms with van der Waals surface area (Å²) >= 11 is 0. The summed E-state index contributed by atoms with van der Waals surface area (Å²) in [5.41, 5.74) is 0.334. The molecular formula is C21H24F3NO. The van der Waals surface area contributed by atoms with Gasteiger partial charge in [0.25, 0.3) is 0 Å². The molecule has 0 spiro atoms. The van der Waals surface area contributed by atoms with Gasteiger partial charge in [-0.15, -0.1) is 0 Å². The van der Waals surface area contributed by atoms with Crippen LogP contribution in [0.15, 0.2) is 48.5 Å². The van der Waals surface area contributed by atoms with Gasteiger partial charge in [0.1, 0.15) is 11.5 Å². The van der Waals surface area contributed by atoms with E-state index in [1.165, 1.54) is 31.4 Å². The van der Waals surface area contributed by atoms with Gasteiger partial charge in [-0.1, -0.05) is 30.7 Å². The van der Waals surface area contributed by atoms with E-state index in [0.29, 0.717) is 11.8 Å². The molecule has 2 nitrogen and oxygen atoms in total. The van der Waals surface area contributed by atoms with Crippen LogP contribution >= 0.6 is 0 Å². The van der Waals surface area contributed by atoms with Crippen molar-refractivity contribution in [2.24, 2.45) is 0 Å². The Morgan fingerprint density at radius 1 is 1.08 bits per heavy atom. The molecule has 1 atom stereocenters. The molecule has 0 radical (unpaired) electrons. The highest BCUT2D eigenvalue weighted by Gasteiger charge is 2.34. The van der Waals surface area contributed by atoms with Gasteiger partial charge in [0.05, 0.1) is 5.56 Å². The predicted molar refractivity (Wildman–Crippen MR) is 96.6 cm³/mol. The lowest BCUT2D eigenvalue weighted by atomic mass is 9.96. The second kappa shape index (κ2) is 8.12. The Hall–Kier alpha value is -2.01. The monoisotopic (exact) mass is 363 g/mol. The van der Waals surface area contributed by atoms with Crippen molar-refractivity contribution in [3.63, 3.8) is 0 Å². The van der Waals surface area contributed by atoms with E-state index in [1.54, 1.807) is 12.1 Å². The molecule has 140 valence electrons. The minimum atomic E-state index is -4.43. The minimum Gasteiger partial charge on any atom is -0.457 e. The summed E-state index contributed by atoms with van der Waals surface area (Å²) in [4.78, 5) is 2.41. The summed E-state index contributed by atoms with van der Waals surface area (Å²) in [7, 11) is 2.16. The van der Waals surface area contributed by atoms with E-state index in [1.807, 2.05) is 18.2 Å².